The molecule has 0 bridgehead atoms. The van der Waals surface area contributed by atoms with Gasteiger partial charge in [-0.15, -0.1) is 0 Å². The van der Waals surface area contributed by atoms with Gasteiger partial charge in [-0.25, -0.2) is 4.98 Å². The second-order valence-electron chi connectivity index (χ2n) is 4.95. The Morgan fingerprint density at radius 1 is 1.60 bits per heavy atom. The Morgan fingerprint density at radius 3 is 3.30 bits per heavy atom. The first-order valence-corrected chi connectivity index (χ1v) is 7.51. The zero-order valence-corrected chi connectivity index (χ0v) is 12.2. The maximum absolute atomic E-state index is 10.2. The van der Waals surface area contributed by atoms with Crippen molar-refractivity contribution in [2.24, 2.45) is 0 Å². The first kappa shape index (κ1) is 13.3. The van der Waals surface area contributed by atoms with Gasteiger partial charge in [0.1, 0.15) is 6.61 Å². The van der Waals surface area contributed by atoms with E-state index in [0.29, 0.717) is 19.1 Å². The van der Waals surface area contributed by atoms with Gasteiger partial charge in [0.25, 0.3) is 6.47 Å². The fourth-order valence-electron chi connectivity index (χ4n) is 2.42. The van der Waals surface area contributed by atoms with Crippen LogP contribution in [0.4, 0.5) is 5.13 Å². The average Bonchev–Trinajstić information content (AvgIpc) is 2.88. The number of rotatable bonds is 4. The van der Waals surface area contributed by atoms with E-state index in [-0.39, 0.29) is 0 Å². The number of thiazole rings is 1. The van der Waals surface area contributed by atoms with Crippen LogP contribution in [0, 0.1) is 0 Å². The van der Waals surface area contributed by atoms with Crippen LogP contribution in [0.1, 0.15) is 12.5 Å². The van der Waals surface area contributed by atoms with E-state index >= 15 is 0 Å². The molecule has 5 nitrogen and oxygen atoms in total. The summed E-state index contributed by atoms with van der Waals surface area (Å²) in [6.45, 7) is 5.98. The summed E-state index contributed by atoms with van der Waals surface area (Å²) in [7, 11) is 0. The van der Waals surface area contributed by atoms with Crippen molar-refractivity contribution in [2.45, 2.75) is 19.6 Å². The van der Waals surface area contributed by atoms with Crippen LogP contribution in [0.3, 0.4) is 0 Å². The maximum atomic E-state index is 10.2. The largest absolute Gasteiger partial charge is 0.463 e. The summed E-state index contributed by atoms with van der Waals surface area (Å²) in [6, 6.07) is 6.46. The molecule has 0 amide bonds. The molecule has 6 heteroatoms. The van der Waals surface area contributed by atoms with Crippen LogP contribution in [-0.2, 0) is 16.1 Å². The van der Waals surface area contributed by atoms with Crippen molar-refractivity contribution in [1.82, 2.24) is 10.3 Å². The summed E-state index contributed by atoms with van der Waals surface area (Å²) in [5.74, 6) is 0. The second-order valence-corrected chi connectivity index (χ2v) is 5.96. The van der Waals surface area contributed by atoms with E-state index in [1.165, 1.54) is 0 Å². The van der Waals surface area contributed by atoms with Crippen molar-refractivity contribution in [3.05, 3.63) is 23.8 Å². The lowest BCUT2D eigenvalue weighted by Crippen LogP contribution is -2.49. The highest BCUT2D eigenvalue weighted by Crippen LogP contribution is 2.31. The number of aromatic nitrogens is 1. The Morgan fingerprint density at radius 2 is 2.50 bits per heavy atom. The van der Waals surface area contributed by atoms with Crippen LogP contribution < -0.4 is 10.2 Å². The third-order valence-corrected chi connectivity index (χ3v) is 4.56. The van der Waals surface area contributed by atoms with Crippen LogP contribution in [-0.4, -0.2) is 37.1 Å². The normalized spacial score (nSPS) is 19.2. The highest BCUT2D eigenvalue weighted by molar-refractivity contribution is 7.22. The van der Waals surface area contributed by atoms with Crippen LogP contribution in [0.5, 0.6) is 0 Å². The van der Waals surface area contributed by atoms with Gasteiger partial charge in [0, 0.05) is 25.7 Å². The van der Waals surface area contributed by atoms with E-state index in [2.05, 4.69) is 17.1 Å². The van der Waals surface area contributed by atoms with Gasteiger partial charge >= 0.3 is 0 Å². The zero-order chi connectivity index (χ0) is 13.9. The standard InChI is InChI=1S/C14H17N3O2S/c1-10-7-15-4-5-17(10)14-16-12-3-2-11(8-19-9-18)6-13(12)20-14/h2-3,6,9-10,15H,4-5,7-8H2,1H3/t10-/m1/s1. The van der Waals surface area contributed by atoms with Crippen LogP contribution in [0.2, 0.25) is 0 Å². The fraction of sp³-hybridized carbons (Fsp3) is 0.429. The Bertz CT molecular complexity index is 613. The van der Waals surface area contributed by atoms with Crippen LogP contribution >= 0.6 is 11.3 Å². The molecule has 0 unspecified atom stereocenters. The number of nitrogens with zero attached hydrogens (tertiary/aromatic N) is 2. The molecule has 0 aliphatic carbocycles. The minimum absolute atomic E-state index is 0.316. The smallest absolute Gasteiger partial charge is 0.293 e. The monoisotopic (exact) mass is 291 g/mol. The molecule has 0 saturated carbocycles. The molecular formula is C14H17N3O2S. The number of hydrogen-bond donors (Lipinski definition) is 1. The first-order chi connectivity index (χ1) is 9.78. The summed E-state index contributed by atoms with van der Waals surface area (Å²) >= 11 is 1.70. The third kappa shape index (κ3) is 2.62. The molecule has 0 spiro atoms. The van der Waals surface area contributed by atoms with Gasteiger partial charge in [-0.05, 0) is 24.6 Å². The van der Waals surface area contributed by atoms with Gasteiger partial charge in [-0.1, -0.05) is 17.4 Å². The molecule has 1 fully saturated rings. The number of ether oxygens (including phenoxy) is 1. The maximum Gasteiger partial charge on any atom is 0.293 e. The number of nitrogens with one attached hydrogen (secondary N) is 1. The second kappa shape index (κ2) is 5.76. The predicted molar refractivity (Wildman–Crippen MR) is 80.2 cm³/mol. The van der Waals surface area contributed by atoms with E-state index in [9.17, 15) is 4.79 Å². The van der Waals surface area contributed by atoms with Crippen LogP contribution in [0.15, 0.2) is 18.2 Å². The van der Waals surface area contributed by atoms with Crippen molar-refractivity contribution in [1.29, 1.82) is 0 Å². The molecule has 1 aromatic heterocycles. The van der Waals surface area contributed by atoms with Gasteiger partial charge in [0.2, 0.25) is 0 Å². The Kier molecular flexibility index (Phi) is 3.84. The molecule has 2 aromatic rings. The molecule has 3 rings (SSSR count). The highest BCUT2D eigenvalue weighted by Gasteiger charge is 2.21. The SMILES string of the molecule is C[C@@H]1CNCCN1c1nc2ccc(COC=O)cc2s1. The number of fused-ring (bicyclic) bond motifs is 1. The Labute approximate surface area is 121 Å². The van der Waals surface area contributed by atoms with Crippen LogP contribution in [0.25, 0.3) is 10.2 Å². The number of carbonyl (C=O) groups is 1. The molecule has 1 aromatic carbocycles. The summed E-state index contributed by atoms with van der Waals surface area (Å²) in [4.78, 5) is 17.3. The fourth-order valence-corrected chi connectivity index (χ4v) is 3.58. The topological polar surface area (TPSA) is 54.5 Å². The molecule has 1 atom stereocenters. The minimum atomic E-state index is 0.316. The van der Waals surface area contributed by atoms with E-state index in [0.717, 1.165) is 40.5 Å². The third-order valence-electron chi connectivity index (χ3n) is 3.51. The van der Waals surface area contributed by atoms with Gasteiger partial charge < -0.3 is 15.0 Å². The molecule has 1 aliphatic rings. The lowest BCUT2D eigenvalue weighted by Gasteiger charge is -2.33. The molecule has 20 heavy (non-hydrogen) atoms. The lowest BCUT2D eigenvalue weighted by atomic mass is 10.2. The number of hydrogen-bond acceptors (Lipinski definition) is 6. The minimum Gasteiger partial charge on any atom is -0.463 e. The highest BCUT2D eigenvalue weighted by atomic mass is 32.1. The van der Waals surface area contributed by atoms with Gasteiger partial charge in [-0.3, -0.25) is 4.79 Å². The van der Waals surface area contributed by atoms with Crippen molar-refractivity contribution < 1.29 is 9.53 Å². The molecule has 1 saturated heterocycles. The molecular weight excluding hydrogens is 274 g/mol. The van der Waals surface area contributed by atoms with Crippen molar-refractivity contribution in [2.75, 3.05) is 24.5 Å². The van der Waals surface area contributed by atoms with Crippen molar-refractivity contribution >= 4 is 33.2 Å². The quantitative estimate of drug-likeness (QED) is 0.870. The lowest BCUT2D eigenvalue weighted by molar-refractivity contribution is -0.129. The van der Waals surface area contributed by atoms with Gasteiger partial charge in [0.05, 0.1) is 10.2 Å². The molecule has 2 heterocycles. The van der Waals surface area contributed by atoms with E-state index in [4.69, 9.17) is 9.72 Å². The van der Waals surface area contributed by atoms with E-state index in [1.807, 2.05) is 18.2 Å². The first-order valence-electron chi connectivity index (χ1n) is 6.70. The molecule has 1 aliphatic heterocycles. The van der Waals surface area contributed by atoms with Crippen molar-refractivity contribution in [3.8, 4) is 0 Å². The Balaban J connectivity index is 1.87. The van der Waals surface area contributed by atoms with Crippen molar-refractivity contribution in [3.63, 3.8) is 0 Å². The average molecular weight is 291 g/mol. The number of anilines is 1. The van der Waals surface area contributed by atoms with Gasteiger partial charge in [-0.2, -0.15) is 0 Å². The zero-order valence-electron chi connectivity index (χ0n) is 11.3. The van der Waals surface area contributed by atoms with E-state index < -0.39 is 0 Å². The van der Waals surface area contributed by atoms with E-state index in [1.54, 1.807) is 11.3 Å². The predicted octanol–water partition coefficient (Wildman–Crippen LogP) is 1.77. The molecule has 106 valence electrons. The Hall–Kier alpha value is -1.66. The summed E-state index contributed by atoms with van der Waals surface area (Å²) in [5, 5.41) is 4.46. The van der Waals surface area contributed by atoms with Gasteiger partial charge in [0.15, 0.2) is 5.13 Å². The molecule has 1 N–H and O–H groups in total. The number of carbonyl (C=O) groups excluding carboxylic acids is 1. The number of piperazine rings is 1. The summed E-state index contributed by atoms with van der Waals surface area (Å²) in [6.07, 6.45) is 0. The summed E-state index contributed by atoms with van der Waals surface area (Å²) in [5.41, 5.74) is 2.00. The number of benzene rings is 1. The molecule has 0 radical (unpaired) electrons. The summed E-state index contributed by atoms with van der Waals surface area (Å²) < 4.78 is 5.93.